The minimum absolute atomic E-state index is 0.0484. The molecule has 0 spiro atoms. The summed E-state index contributed by atoms with van der Waals surface area (Å²) < 4.78 is 13.5. The molecule has 31 heavy (non-hydrogen) atoms. The minimum Gasteiger partial charge on any atom is -0.355 e. The van der Waals surface area contributed by atoms with Gasteiger partial charge in [-0.15, -0.1) is 0 Å². The molecule has 2 aromatic carbocycles. The van der Waals surface area contributed by atoms with Crippen molar-refractivity contribution in [1.82, 2.24) is 9.88 Å². The van der Waals surface area contributed by atoms with Crippen LogP contribution < -0.4 is 4.90 Å². The molecule has 1 aliphatic heterocycles. The van der Waals surface area contributed by atoms with Crippen LogP contribution in [0.15, 0.2) is 66.7 Å². The van der Waals surface area contributed by atoms with Gasteiger partial charge in [0, 0.05) is 43.4 Å². The molecule has 0 saturated carbocycles. The predicted molar refractivity (Wildman–Crippen MR) is 115 cm³/mol. The molecular weight excluding hydrogens is 399 g/mol. The Morgan fingerprint density at radius 1 is 0.968 bits per heavy atom. The Bertz CT molecular complexity index is 1110. The lowest BCUT2D eigenvalue weighted by Crippen LogP contribution is -2.35. The fraction of sp³-hybridized carbons (Fsp3) is 0.217. The average Bonchev–Trinajstić information content (AvgIpc) is 3.05. The summed E-state index contributed by atoms with van der Waals surface area (Å²) in [6.45, 7) is 2.19. The van der Waals surface area contributed by atoms with Crippen molar-refractivity contribution in [2.75, 3.05) is 31.1 Å². The van der Waals surface area contributed by atoms with Gasteiger partial charge in [-0.1, -0.05) is 36.4 Å². The summed E-state index contributed by atoms with van der Waals surface area (Å²) in [5.74, 6) is -0.0155. The fourth-order valence-electron chi connectivity index (χ4n) is 3.73. The lowest BCUT2D eigenvalue weighted by Gasteiger charge is -2.23. The van der Waals surface area contributed by atoms with E-state index in [2.05, 4.69) is 4.98 Å². The second-order valence-corrected chi connectivity index (χ2v) is 7.30. The summed E-state index contributed by atoms with van der Waals surface area (Å²) >= 11 is 0. The van der Waals surface area contributed by atoms with E-state index in [0.29, 0.717) is 55.2 Å². The number of halogens is 1. The molecule has 0 bridgehead atoms. The number of hydrogen-bond acceptors (Lipinski definition) is 5. The van der Waals surface area contributed by atoms with E-state index in [1.807, 2.05) is 23.1 Å². The number of anilines is 1. The topological polar surface area (TPSA) is 79.6 Å². The molecule has 3 aromatic rings. The number of nitro groups is 1. The molecule has 8 heteroatoms. The number of pyridine rings is 1. The van der Waals surface area contributed by atoms with Crippen LogP contribution in [0.4, 0.5) is 15.9 Å². The van der Waals surface area contributed by atoms with Crippen LogP contribution in [-0.4, -0.2) is 46.9 Å². The Hall–Kier alpha value is -3.81. The highest BCUT2D eigenvalue weighted by Crippen LogP contribution is 2.30. The first-order valence-electron chi connectivity index (χ1n) is 10.0. The number of nitrogens with zero attached hydrogens (tertiary/aromatic N) is 4. The number of aromatic nitrogens is 1. The molecule has 1 aliphatic rings. The highest BCUT2D eigenvalue weighted by Gasteiger charge is 2.24. The van der Waals surface area contributed by atoms with Crippen molar-refractivity contribution in [3.8, 4) is 11.3 Å². The van der Waals surface area contributed by atoms with Crippen LogP contribution >= 0.6 is 0 Å². The molecule has 0 radical (unpaired) electrons. The molecule has 1 fully saturated rings. The van der Waals surface area contributed by atoms with Gasteiger partial charge in [-0.25, -0.2) is 9.37 Å². The molecule has 0 unspecified atom stereocenters. The zero-order valence-electron chi connectivity index (χ0n) is 16.8. The largest absolute Gasteiger partial charge is 0.355 e. The van der Waals surface area contributed by atoms with Crippen molar-refractivity contribution in [2.24, 2.45) is 0 Å². The zero-order valence-corrected chi connectivity index (χ0v) is 16.8. The molecule has 158 valence electrons. The third-order valence-electron chi connectivity index (χ3n) is 5.28. The molecule has 1 aromatic heterocycles. The molecule has 0 aliphatic carbocycles. The van der Waals surface area contributed by atoms with E-state index in [9.17, 15) is 19.3 Å². The zero-order chi connectivity index (χ0) is 21.8. The van der Waals surface area contributed by atoms with Crippen molar-refractivity contribution in [2.45, 2.75) is 6.42 Å². The average molecular weight is 420 g/mol. The van der Waals surface area contributed by atoms with Gasteiger partial charge in [0.2, 0.25) is 0 Å². The van der Waals surface area contributed by atoms with E-state index in [-0.39, 0.29) is 11.6 Å². The summed E-state index contributed by atoms with van der Waals surface area (Å²) in [7, 11) is 0. The van der Waals surface area contributed by atoms with E-state index in [0.717, 1.165) is 0 Å². The third kappa shape index (κ3) is 4.53. The molecule has 4 rings (SSSR count). The van der Waals surface area contributed by atoms with E-state index in [1.54, 1.807) is 29.2 Å². The van der Waals surface area contributed by atoms with Crippen LogP contribution in [0.25, 0.3) is 11.3 Å². The number of benzene rings is 2. The number of carbonyl (C=O) groups excluding carboxylic acids is 1. The van der Waals surface area contributed by atoms with Gasteiger partial charge < -0.3 is 9.80 Å². The van der Waals surface area contributed by atoms with Gasteiger partial charge in [0.25, 0.3) is 11.6 Å². The summed E-state index contributed by atoms with van der Waals surface area (Å²) in [6.07, 6.45) is 0.709. The lowest BCUT2D eigenvalue weighted by atomic mass is 10.1. The highest BCUT2D eigenvalue weighted by molar-refractivity contribution is 5.94. The van der Waals surface area contributed by atoms with Crippen LogP contribution in [0, 0.1) is 15.9 Å². The van der Waals surface area contributed by atoms with Crippen molar-refractivity contribution in [1.29, 1.82) is 0 Å². The number of rotatable bonds is 4. The fourth-order valence-corrected chi connectivity index (χ4v) is 3.73. The second kappa shape index (κ2) is 8.91. The molecule has 0 atom stereocenters. The van der Waals surface area contributed by atoms with E-state index < -0.39 is 10.7 Å². The number of carbonyl (C=O) groups is 1. The SMILES string of the molecule is O=C(c1cccc(F)c1)N1CCCN(c2ccc([N+](=O)[O-])c(-c3ccccc3)n2)CC1. The van der Waals surface area contributed by atoms with Crippen LogP contribution in [0.2, 0.25) is 0 Å². The second-order valence-electron chi connectivity index (χ2n) is 7.30. The van der Waals surface area contributed by atoms with Gasteiger partial charge in [-0.05, 0) is 30.7 Å². The predicted octanol–water partition coefficient (Wildman–Crippen LogP) is 4.15. The van der Waals surface area contributed by atoms with Gasteiger partial charge in [-0.3, -0.25) is 14.9 Å². The Labute approximate surface area is 178 Å². The standard InChI is InChI=1S/C23H21FN4O3/c24-19-9-4-8-18(16-19)23(29)27-13-5-12-26(14-15-27)21-11-10-20(28(30)31)22(25-21)17-6-2-1-3-7-17/h1-4,6-11,16H,5,12-15H2. The van der Waals surface area contributed by atoms with E-state index in [4.69, 9.17) is 0 Å². The molecule has 1 amide bonds. The minimum atomic E-state index is -0.439. The van der Waals surface area contributed by atoms with E-state index in [1.165, 1.54) is 24.3 Å². The van der Waals surface area contributed by atoms with Crippen LogP contribution in [-0.2, 0) is 0 Å². The maximum atomic E-state index is 13.5. The van der Waals surface area contributed by atoms with Gasteiger partial charge in [0.1, 0.15) is 11.6 Å². The summed E-state index contributed by atoms with van der Waals surface area (Å²) in [6, 6.07) is 17.9. The molecule has 0 N–H and O–H groups in total. The maximum Gasteiger partial charge on any atom is 0.295 e. The van der Waals surface area contributed by atoms with Crippen molar-refractivity contribution < 1.29 is 14.1 Å². The Kier molecular flexibility index (Phi) is 5.88. The molecule has 2 heterocycles. The molecule has 1 saturated heterocycles. The van der Waals surface area contributed by atoms with Crippen LogP contribution in [0.1, 0.15) is 16.8 Å². The van der Waals surface area contributed by atoms with Crippen molar-refractivity contribution in [3.63, 3.8) is 0 Å². The molecular formula is C23H21FN4O3. The summed E-state index contributed by atoms with van der Waals surface area (Å²) in [5.41, 5.74) is 1.27. The van der Waals surface area contributed by atoms with Gasteiger partial charge >= 0.3 is 0 Å². The van der Waals surface area contributed by atoms with Crippen molar-refractivity contribution in [3.05, 3.63) is 88.2 Å². The molecule has 7 nitrogen and oxygen atoms in total. The first-order valence-corrected chi connectivity index (χ1v) is 10.0. The Morgan fingerprint density at radius 2 is 1.77 bits per heavy atom. The number of amides is 1. The third-order valence-corrected chi connectivity index (χ3v) is 5.28. The van der Waals surface area contributed by atoms with Crippen LogP contribution in [0.3, 0.4) is 0 Å². The monoisotopic (exact) mass is 420 g/mol. The van der Waals surface area contributed by atoms with Gasteiger partial charge in [0.15, 0.2) is 5.69 Å². The maximum absolute atomic E-state index is 13.5. The normalized spacial score (nSPS) is 14.2. The highest BCUT2D eigenvalue weighted by atomic mass is 19.1. The number of hydrogen-bond donors (Lipinski definition) is 0. The quantitative estimate of drug-likeness (QED) is 0.468. The first kappa shape index (κ1) is 20.5. The van der Waals surface area contributed by atoms with Gasteiger partial charge in [0.05, 0.1) is 4.92 Å². The Balaban J connectivity index is 1.55. The summed E-state index contributed by atoms with van der Waals surface area (Å²) in [4.78, 5) is 32.2. The summed E-state index contributed by atoms with van der Waals surface area (Å²) in [5, 5.41) is 11.5. The van der Waals surface area contributed by atoms with Crippen molar-refractivity contribution >= 4 is 17.4 Å². The first-order chi connectivity index (χ1) is 15.0. The smallest absolute Gasteiger partial charge is 0.295 e. The Morgan fingerprint density at radius 3 is 2.52 bits per heavy atom. The van der Waals surface area contributed by atoms with Crippen LogP contribution in [0.5, 0.6) is 0 Å². The van der Waals surface area contributed by atoms with Gasteiger partial charge in [-0.2, -0.15) is 0 Å². The van der Waals surface area contributed by atoms with E-state index >= 15 is 0 Å². The lowest BCUT2D eigenvalue weighted by molar-refractivity contribution is -0.384.